The number of carbonyl (C=O) groups is 2. The smallest absolute Gasteiger partial charge is 0.257 e. The predicted molar refractivity (Wildman–Crippen MR) is 142 cm³/mol. The highest BCUT2D eigenvalue weighted by Crippen LogP contribution is 2.27. The van der Waals surface area contributed by atoms with Gasteiger partial charge in [0.15, 0.2) is 0 Å². The Kier molecular flexibility index (Phi) is 7.60. The minimum atomic E-state index is -0.356. The number of pyridine rings is 1. The van der Waals surface area contributed by atoms with Crippen molar-refractivity contribution >= 4 is 52.2 Å². The van der Waals surface area contributed by atoms with Crippen molar-refractivity contribution in [3.05, 3.63) is 81.5 Å². The number of amides is 2. The van der Waals surface area contributed by atoms with Gasteiger partial charge in [0.25, 0.3) is 11.8 Å². The van der Waals surface area contributed by atoms with E-state index in [1.165, 1.54) is 0 Å². The van der Waals surface area contributed by atoms with Gasteiger partial charge in [-0.05, 0) is 69.3 Å². The van der Waals surface area contributed by atoms with Crippen molar-refractivity contribution in [1.82, 2.24) is 10.3 Å². The van der Waals surface area contributed by atoms with E-state index in [4.69, 9.17) is 23.2 Å². The van der Waals surface area contributed by atoms with E-state index in [0.29, 0.717) is 50.3 Å². The molecule has 0 saturated carbocycles. The first-order chi connectivity index (χ1) is 16.7. The maximum Gasteiger partial charge on any atom is 0.257 e. The van der Waals surface area contributed by atoms with Crippen LogP contribution >= 0.6 is 23.2 Å². The topological polar surface area (TPSA) is 86.4 Å². The van der Waals surface area contributed by atoms with Crippen LogP contribution in [0.5, 0.6) is 0 Å². The van der Waals surface area contributed by atoms with E-state index < -0.39 is 0 Å². The molecular weight excluding hydrogens is 485 g/mol. The number of piperazine rings is 1. The van der Waals surface area contributed by atoms with Crippen LogP contribution in [0, 0.1) is 6.92 Å². The molecule has 2 aromatic carbocycles. The van der Waals surface area contributed by atoms with Gasteiger partial charge in [0, 0.05) is 41.4 Å². The van der Waals surface area contributed by atoms with E-state index in [1.807, 2.05) is 13.0 Å². The maximum atomic E-state index is 13.0. The van der Waals surface area contributed by atoms with Gasteiger partial charge in [0.05, 0.1) is 22.0 Å². The standard InChI is InChI=1S/C26H27Cl2N5O2/c1-15-13-33(14-16(2)29-15)24-10-8-21(17(3)30-24)26(35)31-20-7-9-22(28)23(12-20)32-25(34)18-5-4-6-19(27)11-18/h4-12,15-16,29H,13-14H2,1-3H3,(H,31,35)(H,32,34)/t15-,16+. The molecule has 4 rings (SSSR count). The summed E-state index contributed by atoms with van der Waals surface area (Å²) in [5.74, 6) is 0.208. The predicted octanol–water partition coefficient (Wildman–Crippen LogP) is 5.39. The van der Waals surface area contributed by atoms with Gasteiger partial charge in [-0.1, -0.05) is 29.3 Å². The lowest BCUT2D eigenvalue weighted by Gasteiger charge is -2.37. The molecule has 1 aliphatic heterocycles. The molecular formula is C26H27Cl2N5O2. The molecule has 35 heavy (non-hydrogen) atoms. The normalized spacial score (nSPS) is 17.7. The fourth-order valence-corrected chi connectivity index (χ4v) is 4.55. The number of halogens is 2. The molecule has 0 spiro atoms. The van der Waals surface area contributed by atoms with Crippen molar-refractivity contribution < 1.29 is 9.59 Å². The summed E-state index contributed by atoms with van der Waals surface area (Å²) in [5.41, 5.74) is 2.39. The monoisotopic (exact) mass is 511 g/mol. The van der Waals surface area contributed by atoms with E-state index in [1.54, 1.807) is 48.5 Å². The Hall–Kier alpha value is -3.13. The van der Waals surface area contributed by atoms with E-state index in [2.05, 4.69) is 39.7 Å². The molecule has 1 fully saturated rings. The third kappa shape index (κ3) is 6.11. The van der Waals surface area contributed by atoms with Crippen molar-refractivity contribution in [1.29, 1.82) is 0 Å². The Morgan fingerprint density at radius 3 is 2.40 bits per heavy atom. The summed E-state index contributed by atoms with van der Waals surface area (Å²) in [4.78, 5) is 32.5. The second-order valence-corrected chi connectivity index (χ2v) is 9.63. The zero-order valence-electron chi connectivity index (χ0n) is 19.7. The van der Waals surface area contributed by atoms with Crippen LogP contribution in [0.4, 0.5) is 17.2 Å². The highest BCUT2D eigenvalue weighted by molar-refractivity contribution is 6.34. The molecule has 2 heterocycles. The van der Waals surface area contributed by atoms with Gasteiger partial charge in [-0.15, -0.1) is 0 Å². The number of hydrogen-bond acceptors (Lipinski definition) is 5. The van der Waals surface area contributed by atoms with Crippen LogP contribution in [0.3, 0.4) is 0 Å². The molecule has 0 aliphatic carbocycles. The Labute approximate surface area is 214 Å². The Morgan fingerprint density at radius 2 is 1.71 bits per heavy atom. The SMILES string of the molecule is Cc1nc(N2C[C@@H](C)N[C@@H](C)C2)ccc1C(=O)Nc1ccc(Cl)c(NC(=O)c2cccc(Cl)c2)c1. The van der Waals surface area contributed by atoms with Gasteiger partial charge in [-0.3, -0.25) is 9.59 Å². The quantitative estimate of drug-likeness (QED) is 0.427. The lowest BCUT2D eigenvalue weighted by Crippen LogP contribution is -2.54. The molecule has 0 bridgehead atoms. The molecule has 0 unspecified atom stereocenters. The average Bonchev–Trinajstić information content (AvgIpc) is 2.80. The van der Waals surface area contributed by atoms with E-state index in [-0.39, 0.29) is 11.8 Å². The summed E-state index contributed by atoms with van der Waals surface area (Å²) >= 11 is 12.3. The first kappa shape index (κ1) is 25.0. The van der Waals surface area contributed by atoms with Crippen molar-refractivity contribution in [2.75, 3.05) is 28.6 Å². The van der Waals surface area contributed by atoms with Gasteiger partial charge < -0.3 is 20.9 Å². The Morgan fingerprint density at radius 1 is 0.971 bits per heavy atom. The van der Waals surface area contributed by atoms with Gasteiger partial charge in [-0.25, -0.2) is 4.98 Å². The highest BCUT2D eigenvalue weighted by Gasteiger charge is 2.23. The first-order valence-corrected chi connectivity index (χ1v) is 12.1. The molecule has 7 nitrogen and oxygen atoms in total. The number of nitrogens with one attached hydrogen (secondary N) is 3. The number of anilines is 3. The number of aromatic nitrogens is 1. The molecule has 1 saturated heterocycles. The van der Waals surface area contributed by atoms with Crippen molar-refractivity contribution in [3.8, 4) is 0 Å². The van der Waals surface area contributed by atoms with Crippen molar-refractivity contribution in [2.45, 2.75) is 32.9 Å². The molecule has 2 amide bonds. The Bertz CT molecular complexity index is 1260. The van der Waals surface area contributed by atoms with Crippen molar-refractivity contribution in [3.63, 3.8) is 0 Å². The second kappa shape index (κ2) is 10.6. The summed E-state index contributed by atoms with van der Waals surface area (Å²) in [6.07, 6.45) is 0. The van der Waals surface area contributed by atoms with Crippen LogP contribution < -0.4 is 20.9 Å². The lowest BCUT2D eigenvalue weighted by molar-refractivity contribution is 0.101. The molecule has 0 radical (unpaired) electrons. The molecule has 3 N–H and O–H groups in total. The number of benzene rings is 2. The van der Waals surface area contributed by atoms with E-state index in [0.717, 1.165) is 18.9 Å². The molecule has 9 heteroatoms. The fraction of sp³-hybridized carbons (Fsp3) is 0.269. The molecule has 1 aromatic heterocycles. The molecule has 3 aromatic rings. The lowest BCUT2D eigenvalue weighted by atomic mass is 10.1. The van der Waals surface area contributed by atoms with Crippen LogP contribution in [0.25, 0.3) is 0 Å². The largest absolute Gasteiger partial charge is 0.354 e. The second-order valence-electron chi connectivity index (χ2n) is 8.79. The van der Waals surface area contributed by atoms with Crippen LogP contribution in [0.2, 0.25) is 10.0 Å². The van der Waals surface area contributed by atoms with Crippen LogP contribution in [-0.2, 0) is 0 Å². The van der Waals surface area contributed by atoms with E-state index >= 15 is 0 Å². The minimum absolute atomic E-state index is 0.293. The fourth-order valence-electron chi connectivity index (χ4n) is 4.20. The third-order valence-electron chi connectivity index (χ3n) is 5.76. The number of aryl methyl sites for hydroxylation is 1. The minimum Gasteiger partial charge on any atom is -0.354 e. The van der Waals surface area contributed by atoms with Gasteiger partial charge in [0.1, 0.15) is 5.82 Å². The summed E-state index contributed by atoms with van der Waals surface area (Å²) < 4.78 is 0. The third-order valence-corrected chi connectivity index (χ3v) is 6.32. The van der Waals surface area contributed by atoms with Gasteiger partial charge >= 0.3 is 0 Å². The van der Waals surface area contributed by atoms with Crippen LogP contribution in [0.15, 0.2) is 54.6 Å². The Balaban J connectivity index is 1.47. The molecule has 2 atom stereocenters. The summed E-state index contributed by atoms with van der Waals surface area (Å²) in [6, 6.07) is 15.9. The van der Waals surface area contributed by atoms with Gasteiger partial charge in [0.2, 0.25) is 0 Å². The summed E-state index contributed by atoms with van der Waals surface area (Å²) in [6.45, 7) is 7.84. The van der Waals surface area contributed by atoms with Gasteiger partial charge in [-0.2, -0.15) is 0 Å². The zero-order valence-corrected chi connectivity index (χ0v) is 21.2. The first-order valence-electron chi connectivity index (χ1n) is 11.4. The van der Waals surface area contributed by atoms with Crippen LogP contribution in [0.1, 0.15) is 40.3 Å². The zero-order chi connectivity index (χ0) is 25.1. The average molecular weight is 512 g/mol. The molecule has 182 valence electrons. The summed E-state index contributed by atoms with van der Waals surface area (Å²) in [5, 5.41) is 9.95. The molecule has 1 aliphatic rings. The number of rotatable bonds is 5. The number of hydrogen-bond donors (Lipinski definition) is 3. The summed E-state index contributed by atoms with van der Waals surface area (Å²) in [7, 11) is 0. The number of nitrogens with zero attached hydrogens (tertiary/aromatic N) is 2. The maximum absolute atomic E-state index is 13.0. The van der Waals surface area contributed by atoms with E-state index in [9.17, 15) is 9.59 Å². The number of carbonyl (C=O) groups excluding carboxylic acids is 2. The van der Waals surface area contributed by atoms with Crippen LogP contribution in [-0.4, -0.2) is 42.0 Å². The van der Waals surface area contributed by atoms with Crippen molar-refractivity contribution in [2.24, 2.45) is 0 Å². The highest BCUT2D eigenvalue weighted by atomic mass is 35.5.